The Balaban J connectivity index is 2.31. The molecule has 1 fully saturated rings. The van der Waals surface area contributed by atoms with Crippen LogP contribution in [0.2, 0.25) is 0 Å². The molecule has 0 amide bonds. The molecule has 4 nitrogen and oxygen atoms in total. The Labute approximate surface area is 92.3 Å². The Bertz CT molecular complexity index is 361. The molecular weight excluding hydrogens is 253 g/mol. The summed E-state index contributed by atoms with van der Waals surface area (Å²) in [6, 6.07) is -0.564. The monoisotopic (exact) mass is 261 g/mol. The molecule has 2 aliphatic heterocycles. The molecule has 0 saturated carbocycles. The average molecular weight is 261 g/mol. The highest BCUT2D eigenvalue weighted by Crippen LogP contribution is 2.50. The van der Waals surface area contributed by atoms with Gasteiger partial charge in [0.05, 0.1) is 6.04 Å². The summed E-state index contributed by atoms with van der Waals surface area (Å²) in [7, 11) is 0. The highest BCUT2D eigenvalue weighted by Gasteiger charge is 2.77. The topological polar surface area (TPSA) is 40.0 Å². The van der Waals surface area contributed by atoms with Crippen LogP contribution >= 0.6 is 0 Å². The van der Waals surface area contributed by atoms with Crippen LogP contribution in [-0.2, 0) is 14.2 Å². The predicted octanol–water partition coefficient (Wildman–Crippen LogP) is 2.05. The van der Waals surface area contributed by atoms with Gasteiger partial charge in [0.2, 0.25) is 0 Å². The number of halogens is 5. The summed E-state index contributed by atoms with van der Waals surface area (Å²) in [6.45, 7) is 1.49. The van der Waals surface area contributed by atoms with Crippen molar-refractivity contribution in [2.45, 2.75) is 37.6 Å². The van der Waals surface area contributed by atoms with Crippen molar-refractivity contribution in [1.82, 2.24) is 0 Å². The number of hydrogen-bond acceptors (Lipinski definition) is 4. The second-order valence-corrected chi connectivity index (χ2v) is 3.59. The minimum Gasteiger partial charge on any atom is -0.474 e. The van der Waals surface area contributed by atoms with Crippen molar-refractivity contribution in [3.8, 4) is 0 Å². The lowest BCUT2D eigenvalue weighted by atomic mass is 10.2. The molecule has 0 radical (unpaired) electrons. The van der Waals surface area contributed by atoms with Crippen LogP contribution in [0.3, 0.4) is 0 Å². The fourth-order valence-electron chi connectivity index (χ4n) is 1.43. The third-order valence-electron chi connectivity index (χ3n) is 2.34. The predicted molar refractivity (Wildman–Crippen MR) is 43.4 cm³/mol. The van der Waals surface area contributed by atoms with Crippen molar-refractivity contribution in [3.63, 3.8) is 0 Å². The Morgan fingerprint density at radius 2 is 1.88 bits per heavy atom. The smallest absolute Gasteiger partial charge is 0.474 e. The van der Waals surface area contributed by atoms with Crippen LogP contribution in [0.15, 0.2) is 4.99 Å². The molecule has 0 aliphatic carbocycles. The molecule has 2 aliphatic rings. The van der Waals surface area contributed by atoms with E-state index in [0.29, 0.717) is 6.42 Å². The molecule has 2 atom stereocenters. The quantitative estimate of drug-likeness (QED) is 0.714. The van der Waals surface area contributed by atoms with Gasteiger partial charge in [-0.15, -0.1) is 8.78 Å². The molecule has 0 N–H and O–H groups in total. The zero-order chi connectivity index (χ0) is 12.9. The van der Waals surface area contributed by atoms with E-state index in [1.165, 1.54) is 0 Å². The lowest BCUT2D eigenvalue weighted by Crippen LogP contribution is -2.48. The van der Waals surface area contributed by atoms with Crippen molar-refractivity contribution in [2.24, 2.45) is 4.99 Å². The second-order valence-electron chi connectivity index (χ2n) is 3.59. The molecule has 2 rings (SSSR count). The van der Waals surface area contributed by atoms with Gasteiger partial charge < -0.3 is 4.74 Å². The number of ether oxygens (including phenoxy) is 3. The summed E-state index contributed by atoms with van der Waals surface area (Å²) in [6.07, 6.45) is -9.20. The van der Waals surface area contributed by atoms with Crippen molar-refractivity contribution in [3.05, 3.63) is 0 Å². The lowest BCUT2D eigenvalue weighted by Gasteiger charge is -2.20. The Hall–Kier alpha value is -0.960. The summed E-state index contributed by atoms with van der Waals surface area (Å²) in [4.78, 5) is 3.42. The van der Waals surface area contributed by atoms with E-state index in [9.17, 15) is 22.0 Å². The third kappa shape index (κ3) is 1.86. The summed E-state index contributed by atoms with van der Waals surface area (Å²) >= 11 is 0. The standard InChI is InChI=1S/C8H8F5NO3/c1-2-4-3-15-5(14-4)6(9)7(10,11)17-8(12,13)16-6/h4H,2-3H2,1H3. The van der Waals surface area contributed by atoms with E-state index in [1.54, 1.807) is 6.92 Å². The number of rotatable bonds is 2. The average Bonchev–Trinajstić information content (AvgIpc) is 2.67. The third-order valence-corrected chi connectivity index (χ3v) is 2.34. The van der Waals surface area contributed by atoms with E-state index in [1.807, 2.05) is 0 Å². The van der Waals surface area contributed by atoms with Gasteiger partial charge in [-0.25, -0.2) is 14.5 Å². The van der Waals surface area contributed by atoms with Gasteiger partial charge in [-0.05, 0) is 6.42 Å². The Morgan fingerprint density at radius 3 is 2.29 bits per heavy atom. The largest absolute Gasteiger partial charge is 0.493 e. The van der Waals surface area contributed by atoms with Crippen LogP contribution in [0, 0.1) is 0 Å². The fraction of sp³-hybridized carbons (Fsp3) is 0.875. The highest BCUT2D eigenvalue weighted by molar-refractivity contribution is 5.86. The second kappa shape index (κ2) is 3.52. The molecule has 0 aromatic rings. The van der Waals surface area contributed by atoms with Gasteiger partial charge in [-0.1, -0.05) is 6.92 Å². The maximum Gasteiger partial charge on any atom is 0.493 e. The molecule has 2 unspecified atom stereocenters. The van der Waals surface area contributed by atoms with Gasteiger partial charge in [0.25, 0.3) is 5.90 Å². The number of aliphatic imine (C=N–C) groups is 1. The summed E-state index contributed by atoms with van der Waals surface area (Å²) in [5.41, 5.74) is 0. The SMILES string of the molecule is CCC1COC(C2(F)OC(F)(F)OC2(F)F)=N1. The van der Waals surface area contributed by atoms with Crippen LogP contribution in [0.1, 0.15) is 13.3 Å². The molecule has 1 saturated heterocycles. The lowest BCUT2D eigenvalue weighted by molar-refractivity contribution is -0.386. The van der Waals surface area contributed by atoms with Gasteiger partial charge in [0.15, 0.2) is 0 Å². The molecule has 17 heavy (non-hydrogen) atoms. The maximum atomic E-state index is 13.8. The molecular formula is C8H8F5NO3. The van der Waals surface area contributed by atoms with Crippen molar-refractivity contribution in [2.75, 3.05) is 6.61 Å². The number of hydrogen-bond donors (Lipinski definition) is 0. The van der Waals surface area contributed by atoms with Crippen molar-refractivity contribution < 1.29 is 36.2 Å². The summed E-state index contributed by atoms with van der Waals surface area (Å²) in [5, 5.41) is 0. The van der Waals surface area contributed by atoms with E-state index in [-0.39, 0.29) is 6.61 Å². The van der Waals surface area contributed by atoms with E-state index < -0.39 is 30.2 Å². The van der Waals surface area contributed by atoms with Gasteiger partial charge >= 0.3 is 18.3 Å². The normalized spacial score (nSPS) is 38.9. The number of nitrogens with zero attached hydrogens (tertiary/aromatic N) is 1. The van der Waals surface area contributed by atoms with E-state index in [2.05, 4.69) is 19.2 Å². The van der Waals surface area contributed by atoms with Gasteiger partial charge in [-0.3, -0.25) is 0 Å². The minimum atomic E-state index is -4.86. The molecule has 0 aromatic carbocycles. The van der Waals surface area contributed by atoms with Gasteiger partial charge in [0, 0.05) is 0 Å². The maximum absolute atomic E-state index is 13.8. The van der Waals surface area contributed by atoms with E-state index in [4.69, 9.17) is 0 Å². The van der Waals surface area contributed by atoms with Crippen molar-refractivity contribution >= 4 is 5.90 Å². The van der Waals surface area contributed by atoms with Gasteiger partial charge in [-0.2, -0.15) is 13.2 Å². The first-order valence-corrected chi connectivity index (χ1v) is 4.76. The van der Waals surface area contributed by atoms with Gasteiger partial charge in [0.1, 0.15) is 6.61 Å². The first-order valence-electron chi connectivity index (χ1n) is 4.76. The first kappa shape index (κ1) is 12.5. The molecule has 0 aromatic heterocycles. The fourth-order valence-corrected chi connectivity index (χ4v) is 1.43. The zero-order valence-electron chi connectivity index (χ0n) is 8.55. The molecule has 98 valence electrons. The molecule has 0 bridgehead atoms. The van der Waals surface area contributed by atoms with Crippen molar-refractivity contribution in [1.29, 1.82) is 0 Å². The molecule has 0 spiro atoms. The summed E-state index contributed by atoms with van der Waals surface area (Å²) < 4.78 is 75.5. The van der Waals surface area contributed by atoms with Crippen LogP contribution in [-0.4, -0.2) is 36.8 Å². The zero-order valence-corrected chi connectivity index (χ0v) is 8.55. The number of alkyl halides is 5. The van der Waals surface area contributed by atoms with E-state index >= 15 is 0 Å². The first-order chi connectivity index (χ1) is 7.70. The van der Waals surface area contributed by atoms with Crippen LogP contribution in [0.4, 0.5) is 22.0 Å². The summed E-state index contributed by atoms with van der Waals surface area (Å²) in [5.74, 6) is -5.41. The highest BCUT2D eigenvalue weighted by atomic mass is 19.3. The minimum absolute atomic E-state index is 0.164. The van der Waals surface area contributed by atoms with Crippen LogP contribution in [0.25, 0.3) is 0 Å². The van der Waals surface area contributed by atoms with Crippen LogP contribution < -0.4 is 0 Å². The van der Waals surface area contributed by atoms with Crippen LogP contribution in [0.5, 0.6) is 0 Å². The molecule has 9 heteroatoms. The van der Waals surface area contributed by atoms with E-state index in [0.717, 1.165) is 0 Å². The molecule has 2 heterocycles. The Kier molecular flexibility index (Phi) is 2.58. The Morgan fingerprint density at radius 1 is 1.24 bits per heavy atom.